The molecule has 16 heavy (non-hydrogen) atoms. The summed E-state index contributed by atoms with van der Waals surface area (Å²) in [4.78, 5) is 4.26. The average Bonchev–Trinajstić information content (AvgIpc) is 2.33. The van der Waals surface area contributed by atoms with E-state index in [-0.39, 0.29) is 0 Å². The van der Waals surface area contributed by atoms with Gasteiger partial charge in [-0.1, -0.05) is 6.07 Å². The van der Waals surface area contributed by atoms with Crippen molar-refractivity contribution in [2.45, 2.75) is 44.8 Å². The van der Waals surface area contributed by atoms with Gasteiger partial charge in [0.15, 0.2) is 0 Å². The molecular weight excluding hydrogens is 202 g/mol. The molecular formula is C13H19NO2. The zero-order chi connectivity index (χ0) is 11.4. The third kappa shape index (κ3) is 2.95. The smallest absolute Gasteiger partial charge is 0.213 e. The Hall–Kier alpha value is -1.09. The average molecular weight is 221 g/mol. The fraction of sp³-hybridized carbons (Fsp3) is 0.615. The SMILES string of the molecule is COC1CCC(Oc2ccc(C)cn2)CC1. The first-order valence-electron chi connectivity index (χ1n) is 5.90. The van der Waals surface area contributed by atoms with Crippen molar-refractivity contribution >= 4 is 0 Å². The van der Waals surface area contributed by atoms with Gasteiger partial charge in [-0.3, -0.25) is 0 Å². The normalized spacial score (nSPS) is 25.4. The number of ether oxygens (including phenoxy) is 2. The van der Waals surface area contributed by atoms with Gasteiger partial charge in [0.05, 0.1) is 6.10 Å². The van der Waals surface area contributed by atoms with Crippen molar-refractivity contribution in [1.82, 2.24) is 4.98 Å². The zero-order valence-corrected chi connectivity index (χ0v) is 9.98. The molecule has 0 bridgehead atoms. The Labute approximate surface area is 96.8 Å². The minimum atomic E-state index is 0.307. The molecule has 3 heteroatoms. The van der Waals surface area contributed by atoms with Crippen LogP contribution >= 0.6 is 0 Å². The first-order chi connectivity index (χ1) is 7.78. The summed E-state index contributed by atoms with van der Waals surface area (Å²) in [5.74, 6) is 0.742. The zero-order valence-electron chi connectivity index (χ0n) is 9.98. The van der Waals surface area contributed by atoms with Crippen LogP contribution < -0.4 is 4.74 Å². The summed E-state index contributed by atoms with van der Waals surface area (Å²) in [5.41, 5.74) is 1.16. The summed E-state index contributed by atoms with van der Waals surface area (Å²) >= 11 is 0. The standard InChI is InChI=1S/C13H19NO2/c1-10-3-8-13(14-9-10)16-12-6-4-11(15-2)5-7-12/h3,8-9,11-12H,4-7H2,1-2H3. The number of rotatable bonds is 3. The van der Waals surface area contributed by atoms with Crippen molar-refractivity contribution in [3.8, 4) is 5.88 Å². The number of methoxy groups -OCH3 is 1. The number of hydrogen-bond acceptors (Lipinski definition) is 3. The fourth-order valence-electron chi connectivity index (χ4n) is 2.08. The molecule has 1 fully saturated rings. The van der Waals surface area contributed by atoms with E-state index in [2.05, 4.69) is 4.98 Å². The van der Waals surface area contributed by atoms with Crippen molar-refractivity contribution in [2.75, 3.05) is 7.11 Å². The van der Waals surface area contributed by atoms with Gasteiger partial charge in [0.1, 0.15) is 6.10 Å². The molecule has 0 spiro atoms. The van der Waals surface area contributed by atoms with Gasteiger partial charge in [-0.2, -0.15) is 0 Å². The lowest BCUT2D eigenvalue weighted by atomic mass is 9.95. The predicted octanol–water partition coefficient (Wildman–Crippen LogP) is 2.73. The molecule has 1 aliphatic rings. The van der Waals surface area contributed by atoms with Crippen LogP contribution in [0.15, 0.2) is 18.3 Å². The Kier molecular flexibility index (Phi) is 3.78. The first-order valence-corrected chi connectivity index (χ1v) is 5.90. The summed E-state index contributed by atoms with van der Waals surface area (Å²) < 4.78 is 11.2. The Morgan fingerprint density at radius 3 is 2.38 bits per heavy atom. The minimum Gasteiger partial charge on any atom is -0.474 e. The second-order valence-electron chi connectivity index (χ2n) is 4.43. The van der Waals surface area contributed by atoms with Gasteiger partial charge < -0.3 is 9.47 Å². The van der Waals surface area contributed by atoms with Gasteiger partial charge in [-0.25, -0.2) is 4.98 Å². The highest BCUT2D eigenvalue weighted by molar-refractivity contribution is 5.16. The van der Waals surface area contributed by atoms with Gasteiger partial charge in [0.2, 0.25) is 5.88 Å². The fourth-order valence-corrected chi connectivity index (χ4v) is 2.08. The van der Waals surface area contributed by atoms with Gasteiger partial charge in [-0.05, 0) is 38.2 Å². The largest absolute Gasteiger partial charge is 0.474 e. The predicted molar refractivity (Wildman–Crippen MR) is 62.7 cm³/mol. The highest BCUT2D eigenvalue weighted by Crippen LogP contribution is 2.24. The molecule has 1 aliphatic carbocycles. The minimum absolute atomic E-state index is 0.307. The van der Waals surface area contributed by atoms with Crippen LogP contribution in [0.4, 0.5) is 0 Å². The number of nitrogens with zero attached hydrogens (tertiary/aromatic N) is 1. The van der Waals surface area contributed by atoms with Crippen molar-refractivity contribution in [2.24, 2.45) is 0 Å². The van der Waals surface area contributed by atoms with Gasteiger partial charge in [0.25, 0.3) is 0 Å². The molecule has 0 aliphatic heterocycles. The third-order valence-electron chi connectivity index (χ3n) is 3.13. The molecule has 0 aromatic carbocycles. The van der Waals surface area contributed by atoms with E-state index >= 15 is 0 Å². The van der Waals surface area contributed by atoms with Gasteiger partial charge in [-0.15, -0.1) is 0 Å². The van der Waals surface area contributed by atoms with E-state index in [1.165, 1.54) is 0 Å². The van der Waals surface area contributed by atoms with Crippen LogP contribution in [0, 0.1) is 6.92 Å². The summed E-state index contributed by atoms with van der Waals surface area (Å²) in [6.45, 7) is 2.03. The molecule has 0 radical (unpaired) electrons. The Morgan fingerprint density at radius 2 is 1.81 bits per heavy atom. The molecule has 0 amide bonds. The lowest BCUT2D eigenvalue weighted by Crippen LogP contribution is -2.27. The summed E-state index contributed by atoms with van der Waals surface area (Å²) in [5, 5.41) is 0. The Balaban J connectivity index is 1.84. The van der Waals surface area contributed by atoms with E-state index in [1.54, 1.807) is 7.11 Å². The van der Waals surface area contributed by atoms with E-state index in [0.29, 0.717) is 12.2 Å². The second-order valence-corrected chi connectivity index (χ2v) is 4.43. The number of aryl methyl sites for hydroxylation is 1. The van der Waals surface area contributed by atoms with Crippen LogP contribution in [0.1, 0.15) is 31.2 Å². The number of pyridine rings is 1. The summed E-state index contributed by atoms with van der Waals surface area (Å²) in [6.07, 6.45) is 6.88. The van der Waals surface area contributed by atoms with E-state index in [9.17, 15) is 0 Å². The number of hydrogen-bond donors (Lipinski definition) is 0. The van der Waals surface area contributed by atoms with Crippen molar-refractivity contribution < 1.29 is 9.47 Å². The Bertz CT molecular complexity index is 315. The lowest BCUT2D eigenvalue weighted by molar-refractivity contribution is 0.0314. The molecule has 1 aromatic heterocycles. The molecule has 1 aromatic rings. The molecule has 2 rings (SSSR count). The van der Waals surface area contributed by atoms with E-state index < -0.39 is 0 Å². The van der Waals surface area contributed by atoms with Crippen LogP contribution in [0.3, 0.4) is 0 Å². The Morgan fingerprint density at radius 1 is 1.12 bits per heavy atom. The van der Waals surface area contributed by atoms with Crippen LogP contribution in [0.25, 0.3) is 0 Å². The number of aromatic nitrogens is 1. The molecule has 0 N–H and O–H groups in total. The van der Waals surface area contributed by atoms with Crippen molar-refractivity contribution in [3.63, 3.8) is 0 Å². The highest BCUT2D eigenvalue weighted by atomic mass is 16.5. The highest BCUT2D eigenvalue weighted by Gasteiger charge is 2.22. The van der Waals surface area contributed by atoms with Crippen molar-refractivity contribution in [3.05, 3.63) is 23.9 Å². The third-order valence-corrected chi connectivity index (χ3v) is 3.13. The second kappa shape index (κ2) is 5.30. The monoisotopic (exact) mass is 221 g/mol. The first kappa shape index (κ1) is 11.4. The molecule has 88 valence electrons. The van der Waals surface area contributed by atoms with E-state index in [4.69, 9.17) is 9.47 Å². The molecule has 0 atom stereocenters. The van der Waals surface area contributed by atoms with Crippen LogP contribution in [0.2, 0.25) is 0 Å². The van der Waals surface area contributed by atoms with Crippen LogP contribution in [0.5, 0.6) is 5.88 Å². The van der Waals surface area contributed by atoms with E-state index in [1.807, 2.05) is 25.3 Å². The maximum atomic E-state index is 5.84. The van der Waals surface area contributed by atoms with Crippen LogP contribution in [-0.2, 0) is 4.74 Å². The molecule has 1 heterocycles. The molecule has 3 nitrogen and oxygen atoms in total. The van der Waals surface area contributed by atoms with Crippen LogP contribution in [-0.4, -0.2) is 24.3 Å². The maximum Gasteiger partial charge on any atom is 0.213 e. The quantitative estimate of drug-likeness (QED) is 0.786. The summed E-state index contributed by atoms with van der Waals surface area (Å²) in [7, 11) is 1.79. The van der Waals surface area contributed by atoms with Gasteiger partial charge in [0, 0.05) is 19.4 Å². The van der Waals surface area contributed by atoms with E-state index in [0.717, 1.165) is 37.1 Å². The summed E-state index contributed by atoms with van der Waals surface area (Å²) in [6, 6.07) is 3.97. The maximum absolute atomic E-state index is 5.84. The molecule has 1 saturated carbocycles. The molecule has 0 saturated heterocycles. The van der Waals surface area contributed by atoms with Gasteiger partial charge >= 0.3 is 0 Å². The lowest BCUT2D eigenvalue weighted by Gasteiger charge is -2.27. The van der Waals surface area contributed by atoms with Crippen molar-refractivity contribution in [1.29, 1.82) is 0 Å². The molecule has 0 unspecified atom stereocenters. The topological polar surface area (TPSA) is 31.4 Å².